The zero-order valence-corrected chi connectivity index (χ0v) is 20.7. The fraction of sp³-hybridized carbons (Fsp3) is 0.519. The van der Waals surface area contributed by atoms with Gasteiger partial charge in [0, 0.05) is 19.2 Å². The molecule has 2 N–H and O–H groups in total. The SMILES string of the molecule is COc1ccc([C@@H](C(=O)NC2CCCCC2)N(C[C@@H]2CCCO2)C(=O)CNC(=O)c2ccco2)cc1. The summed E-state index contributed by atoms with van der Waals surface area (Å²) in [4.78, 5) is 41.2. The lowest BCUT2D eigenvalue weighted by Crippen LogP contribution is -2.51. The lowest BCUT2D eigenvalue weighted by Gasteiger charge is -2.34. The van der Waals surface area contributed by atoms with Crippen molar-refractivity contribution in [2.24, 2.45) is 0 Å². The van der Waals surface area contributed by atoms with E-state index in [2.05, 4.69) is 10.6 Å². The van der Waals surface area contributed by atoms with Crippen LogP contribution in [0, 0.1) is 0 Å². The third-order valence-corrected chi connectivity index (χ3v) is 6.83. The van der Waals surface area contributed by atoms with Crippen molar-refractivity contribution in [3.63, 3.8) is 0 Å². The van der Waals surface area contributed by atoms with Gasteiger partial charge in [-0.3, -0.25) is 14.4 Å². The van der Waals surface area contributed by atoms with Gasteiger partial charge in [-0.1, -0.05) is 31.4 Å². The van der Waals surface area contributed by atoms with Crippen LogP contribution in [0.15, 0.2) is 47.1 Å². The second-order valence-electron chi connectivity index (χ2n) is 9.36. The predicted molar refractivity (Wildman–Crippen MR) is 132 cm³/mol. The third kappa shape index (κ3) is 6.66. The molecule has 0 spiro atoms. The van der Waals surface area contributed by atoms with E-state index in [0.717, 1.165) is 38.5 Å². The lowest BCUT2D eigenvalue weighted by molar-refractivity contribution is -0.142. The number of carbonyl (C=O) groups excluding carboxylic acids is 3. The smallest absolute Gasteiger partial charge is 0.287 e. The van der Waals surface area contributed by atoms with Crippen LogP contribution in [0.3, 0.4) is 0 Å². The minimum absolute atomic E-state index is 0.0883. The topological polar surface area (TPSA) is 110 Å². The van der Waals surface area contributed by atoms with Crippen LogP contribution >= 0.6 is 0 Å². The minimum Gasteiger partial charge on any atom is -0.497 e. The molecule has 36 heavy (non-hydrogen) atoms. The summed E-state index contributed by atoms with van der Waals surface area (Å²) in [5.41, 5.74) is 0.674. The molecular formula is C27H35N3O6. The van der Waals surface area contributed by atoms with Crippen LogP contribution in [0.1, 0.15) is 67.1 Å². The number of furan rings is 1. The fourth-order valence-electron chi connectivity index (χ4n) is 4.90. The van der Waals surface area contributed by atoms with Crippen LogP contribution < -0.4 is 15.4 Å². The van der Waals surface area contributed by atoms with E-state index in [1.54, 1.807) is 42.3 Å². The number of nitrogens with one attached hydrogen (secondary N) is 2. The van der Waals surface area contributed by atoms with Gasteiger partial charge >= 0.3 is 0 Å². The lowest BCUT2D eigenvalue weighted by atomic mass is 9.94. The van der Waals surface area contributed by atoms with Crippen molar-refractivity contribution in [1.82, 2.24) is 15.5 Å². The average molecular weight is 498 g/mol. The summed E-state index contributed by atoms with van der Waals surface area (Å²) in [5.74, 6) is -0.304. The Morgan fingerprint density at radius 3 is 2.47 bits per heavy atom. The normalized spacial score (nSPS) is 18.9. The number of ether oxygens (including phenoxy) is 2. The Bertz CT molecular complexity index is 995. The van der Waals surface area contributed by atoms with Gasteiger partial charge in [0.25, 0.3) is 5.91 Å². The molecule has 1 aliphatic carbocycles. The highest BCUT2D eigenvalue weighted by Gasteiger charge is 2.35. The highest BCUT2D eigenvalue weighted by Crippen LogP contribution is 2.27. The zero-order valence-electron chi connectivity index (χ0n) is 20.7. The molecule has 1 aromatic heterocycles. The number of hydrogen-bond acceptors (Lipinski definition) is 6. The van der Waals surface area contributed by atoms with E-state index in [0.29, 0.717) is 17.9 Å². The van der Waals surface area contributed by atoms with Gasteiger partial charge in [0.15, 0.2) is 5.76 Å². The molecule has 1 saturated carbocycles. The Balaban J connectivity index is 1.58. The molecule has 3 amide bonds. The number of rotatable bonds is 10. The van der Waals surface area contributed by atoms with E-state index >= 15 is 0 Å². The Kier molecular flexibility index (Phi) is 9.00. The van der Waals surface area contributed by atoms with Crippen LogP contribution in [0.4, 0.5) is 0 Å². The highest BCUT2D eigenvalue weighted by atomic mass is 16.5. The van der Waals surface area contributed by atoms with Crippen LogP contribution in [0.5, 0.6) is 5.75 Å². The first-order chi connectivity index (χ1) is 17.5. The molecule has 9 nitrogen and oxygen atoms in total. The molecule has 1 aliphatic heterocycles. The second-order valence-corrected chi connectivity index (χ2v) is 9.36. The summed E-state index contributed by atoms with van der Waals surface area (Å²) in [7, 11) is 1.58. The van der Waals surface area contributed by atoms with Crippen LogP contribution in [0.25, 0.3) is 0 Å². The first-order valence-corrected chi connectivity index (χ1v) is 12.7. The van der Waals surface area contributed by atoms with Crippen molar-refractivity contribution >= 4 is 17.7 Å². The van der Waals surface area contributed by atoms with E-state index in [1.807, 2.05) is 0 Å². The molecule has 0 radical (unpaired) electrons. The number of carbonyl (C=O) groups is 3. The molecule has 4 rings (SSSR count). The van der Waals surface area contributed by atoms with Gasteiger partial charge in [-0.25, -0.2) is 0 Å². The molecule has 2 atom stereocenters. The molecule has 2 aromatic rings. The van der Waals surface area contributed by atoms with Crippen LogP contribution in [0.2, 0.25) is 0 Å². The average Bonchev–Trinajstić information content (AvgIpc) is 3.62. The molecule has 0 bridgehead atoms. The largest absolute Gasteiger partial charge is 0.497 e. The highest BCUT2D eigenvalue weighted by molar-refractivity contribution is 5.95. The summed E-state index contributed by atoms with van der Waals surface area (Å²) < 4.78 is 16.2. The van der Waals surface area contributed by atoms with E-state index in [9.17, 15) is 14.4 Å². The molecule has 1 aromatic carbocycles. The van der Waals surface area contributed by atoms with Crippen molar-refractivity contribution < 1.29 is 28.3 Å². The molecular weight excluding hydrogens is 462 g/mol. The van der Waals surface area contributed by atoms with Gasteiger partial charge in [0.2, 0.25) is 11.8 Å². The third-order valence-electron chi connectivity index (χ3n) is 6.83. The summed E-state index contributed by atoms with van der Waals surface area (Å²) in [5, 5.41) is 5.80. The van der Waals surface area contributed by atoms with E-state index in [4.69, 9.17) is 13.9 Å². The van der Waals surface area contributed by atoms with Gasteiger partial charge in [-0.15, -0.1) is 0 Å². The van der Waals surface area contributed by atoms with E-state index in [-0.39, 0.29) is 42.8 Å². The zero-order chi connectivity index (χ0) is 25.3. The predicted octanol–water partition coefficient (Wildman–Crippen LogP) is 3.22. The van der Waals surface area contributed by atoms with E-state index in [1.165, 1.54) is 18.8 Å². The first kappa shape index (κ1) is 25.8. The monoisotopic (exact) mass is 497 g/mol. The van der Waals surface area contributed by atoms with Gasteiger partial charge in [-0.2, -0.15) is 0 Å². The number of hydrogen-bond donors (Lipinski definition) is 2. The van der Waals surface area contributed by atoms with Gasteiger partial charge < -0.3 is 29.4 Å². The van der Waals surface area contributed by atoms with Crippen molar-refractivity contribution in [2.45, 2.75) is 63.1 Å². The fourth-order valence-corrected chi connectivity index (χ4v) is 4.90. The molecule has 0 unspecified atom stereocenters. The first-order valence-electron chi connectivity index (χ1n) is 12.7. The Hall–Kier alpha value is -3.33. The molecule has 194 valence electrons. The number of methoxy groups -OCH3 is 1. The summed E-state index contributed by atoms with van der Waals surface area (Å²) >= 11 is 0. The number of benzene rings is 1. The maximum atomic E-state index is 13.7. The van der Waals surface area contributed by atoms with Gasteiger partial charge in [0.1, 0.15) is 11.8 Å². The van der Waals surface area contributed by atoms with Crippen LogP contribution in [-0.2, 0) is 14.3 Å². The summed E-state index contributed by atoms with van der Waals surface area (Å²) in [6, 6.07) is 9.54. The maximum absolute atomic E-state index is 13.7. The second kappa shape index (κ2) is 12.6. The summed E-state index contributed by atoms with van der Waals surface area (Å²) in [6.45, 7) is 0.614. The molecule has 2 aliphatic rings. The maximum Gasteiger partial charge on any atom is 0.287 e. The van der Waals surface area contributed by atoms with Crippen molar-refractivity contribution in [3.05, 3.63) is 54.0 Å². The standard InChI is InChI=1S/C27H35N3O6/c1-34-21-13-11-19(12-14-21)25(27(33)29-20-7-3-2-4-8-20)30(18-22-9-5-15-35-22)24(31)17-28-26(32)23-10-6-16-36-23/h6,10-14,16,20,22,25H,2-5,7-9,15,17-18H2,1H3,(H,28,32)(H,29,33)/t22-,25-/m0/s1. The molecule has 2 heterocycles. The van der Waals surface area contributed by atoms with Crippen LogP contribution in [-0.4, -0.2) is 61.6 Å². The van der Waals surface area contributed by atoms with Gasteiger partial charge in [0.05, 0.1) is 26.0 Å². The Morgan fingerprint density at radius 1 is 1.06 bits per heavy atom. The van der Waals surface area contributed by atoms with Gasteiger partial charge in [-0.05, 0) is 55.5 Å². The van der Waals surface area contributed by atoms with E-state index < -0.39 is 11.9 Å². The minimum atomic E-state index is -0.866. The number of nitrogens with zero attached hydrogens (tertiary/aromatic N) is 1. The molecule has 9 heteroatoms. The Labute approximate surface area is 211 Å². The van der Waals surface area contributed by atoms with Crippen molar-refractivity contribution in [2.75, 3.05) is 26.8 Å². The Morgan fingerprint density at radius 2 is 1.83 bits per heavy atom. The molecule has 2 fully saturated rings. The van der Waals surface area contributed by atoms with Crippen molar-refractivity contribution in [3.8, 4) is 5.75 Å². The van der Waals surface area contributed by atoms with Crippen molar-refractivity contribution in [1.29, 1.82) is 0 Å². The number of amides is 3. The quantitative estimate of drug-likeness (QED) is 0.522. The molecule has 1 saturated heterocycles. The summed E-state index contributed by atoms with van der Waals surface area (Å²) in [6.07, 6.45) is 8.14.